The number of fused-ring (bicyclic) bond motifs is 1. The summed E-state index contributed by atoms with van der Waals surface area (Å²) in [6.45, 7) is 2.20. The fourth-order valence-corrected chi connectivity index (χ4v) is 2.51. The van der Waals surface area contributed by atoms with E-state index in [0.29, 0.717) is 18.1 Å². The van der Waals surface area contributed by atoms with Gasteiger partial charge in [-0.25, -0.2) is 4.98 Å². The Kier molecular flexibility index (Phi) is 3.47. The third-order valence-corrected chi connectivity index (χ3v) is 3.98. The van der Waals surface area contributed by atoms with Gasteiger partial charge in [0.15, 0.2) is 0 Å². The number of hydrogen-bond acceptors (Lipinski definition) is 5. The minimum absolute atomic E-state index is 0.0742. The van der Waals surface area contributed by atoms with Crippen LogP contribution in [0.4, 0.5) is 19.0 Å². The van der Waals surface area contributed by atoms with Crippen LogP contribution in [0.15, 0.2) is 6.07 Å². The largest absolute Gasteiger partial charge is 0.453 e. The van der Waals surface area contributed by atoms with Gasteiger partial charge >= 0.3 is 6.18 Å². The Hall–Kier alpha value is -1.90. The van der Waals surface area contributed by atoms with E-state index in [1.165, 1.54) is 0 Å². The van der Waals surface area contributed by atoms with Crippen LogP contribution in [-0.2, 0) is 10.9 Å². The second-order valence-electron chi connectivity index (χ2n) is 5.52. The number of aromatic nitrogens is 4. The highest BCUT2D eigenvalue weighted by atomic mass is 19.4. The number of halogens is 3. The molecule has 0 bridgehead atoms. The number of nitrogens with one attached hydrogen (secondary N) is 1. The molecule has 0 radical (unpaired) electrons. The molecular weight excluding hydrogens is 299 g/mol. The van der Waals surface area contributed by atoms with Crippen molar-refractivity contribution in [2.24, 2.45) is 0 Å². The molecule has 0 atom stereocenters. The Morgan fingerprint density at radius 2 is 2.09 bits per heavy atom. The van der Waals surface area contributed by atoms with Gasteiger partial charge in [-0.2, -0.15) is 22.7 Å². The first kappa shape index (κ1) is 15.0. The van der Waals surface area contributed by atoms with Gasteiger partial charge in [-0.1, -0.05) is 0 Å². The fraction of sp³-hybridized carbons (Fsp3) is 0.615. The summed E-state index contributed by atoms with van der Waals surface area (Å²) in [5.41, 5.74) is 0.313. The zero-order chi connectivity index (χ0) is 16.0. The minimum Gasteiger partial charge on any atom is -0.376 e. The van der Waals surface area contributed by atoms with E-state index in [2.05, 4.69) is 20.4 Å². The van der Waals surface area contributed by atoms with Crippen LogP contribution < -0.4 is 5.32 Å². The first-order chi connectivity index (χ1) is 10.3. The summed E-state index contributed by atoms with van der Waals surface area (Å²) in [5.74, 6) is -0.845. The third kappa shape index (κ3) is 2.60. The number of aryl methyl sites for hydroxylation is 1. The van der Waals surface area contributed by atoms with Crippen molar-refractivity contribution < 1.29 is 17.9 Å². The molecular formula is C13H16F3N5O. The van der Waals surface area contributed by atoms with Crippen LogP contribution in [0.25, 0.3) is 5.78 Å². The van der Waals surface area contributed by atoms with Crippen LogP contribution in [0.1, 0.15) is 30.8 Å². The van der Waals surface area contributed by atoms with Gasteiger partial charge in [-0.15, -0.1) is 5.10 Å². The summed E-state index contributed by atoms with van der Waals surface area (Å²) in [6.07, 6.45) is -1.66. The average molecular weight is 315 g/mol. The summed E-state index contributed by atoms with van der Waals surface area (Å²) in [5, 5.41) is 6.63. The molecule has 6 nitrogen and oxygen atoms in total. The molecule has 2 heterocycles. The maximum absolute atomic E-state index is 12.7. The van der Waals surface area contributed by atoms with Crippen LogP contribution in [0.2, 0.25) is 0 Å². The Morgan fingerprint density at radius 3 is 2.64 bits per heavy atom. The number of methoxy groups -OCH3 is 1. The van der Waals surface area contributed by atoms with Gasteiger partial charge in [-0.05, 0) is 26.2 Å². The maximum atomic E-state index is 12.7. The lowest BCUT2D eigenvalue weighted by Gasteiger charge is -2.40. The highest BCUT2D eigenvalue weighted by Crippen LogP contribution is 2.35. The van der Waals surface area contributed by atoms with E-state index >= 15 is 0 Å². The van der Waals surface area contributed by atoms with Gasteiger partial charge in [0.2, 0.25) is 0 Å². The Bertz CT molecular complexity index is 687. The second-order valence-corrected chi connectivity index (χ2v) is 5.52. The van der Waals surface area contributed by atoms with Crippen molar-refractivity contribution in [1.82, 2.24) is 19.6 Å². The van der Waals surface area contributed by atoms with Gasteiger partial charge in [0.25, 0.3) is 11.6 Å². The molecule has 0 saturated heterocycles. The summed E-state index contributed by atoms with van der Waals surface area (Å²) in [4.78, 5) is 7.44. The van der Waals surface area contributed by atoms with Gasteiger partial charge in [0.05, 0.1) is 5.60 Å². The zero-order valence-electron chi connectivity index (χ0n) is 12.2. The highest BCUT2D eigenvalue weighted by molar-refractivity contribution is 5.45. The summed E-state index contributed by atoms with van der Waals surface area (Å²) in [7, 11) is 1.64. The molecule has 1 fully saturated rings. The van der Waals surface area contributed by atoms with E-state index in [1.807, 2.05) is 0 Å². The molecule has 120 valence electrons. The monoisotopic (exact) mass is 315 g/mol. The number of alkyl halides is 3. The molecule has 1 aliphatic rings. The average Bonchev–Trinajstić information content (AvgIpc) is 2.81. The van der Waals surface area contributed by atoms with E-state index in [4.69, 9.17) is 4.74 Å². The van der Waals surface area contributed by atoms with Crippen LogP contribution in [0, 0.1) is 6.92 Å². The van der Waals surface area contributed by atoms with E-state index < -0.39 is 12.0 Å². The summed E-state index contributed by atoms with van der Waals surface area (Å²) in [6, 6.07) is 1.64. The van der Waals surface area contributed by atoms with Crippen molar-refractivity contribution in [3.05, 3.63) is 17.6 Å². The maximum Gasteiger partial charge on any atom is 0.453 e. The van der Waals surface area contributed by atoms with Gasteiger partial charge in [0.1, 0.15) is 5.82 Å². The molecule has 0 aromatic carbocycles. The standard InChI is InChI=1S/C13H16F3N5O/c1-8-6-9(17-7-12(22-2)4-3-5-12)21-11(18-8)19-10(20-21)13(14,15)16/h6,17H,3-5,7H2,1-2H3. The summed E-state index contributed by atoms with van der Waals surface area (Å²) < 4.78 is 44.8. The van der Waals surface area contributed by atoms with Crippen molar-refractivity contribution in [3.63, 3.8) is 0 Å². The first-order valence-electron chi connectivity index (χ1n) is 6.94. The van der Waals surface area contributed by atoms with Crippen molar-refractivity contribution in [2.45, 2.75) is 38.0 Å². The van der Waals surface area contributed by atoms with E-state index in [0.717, 1.165) is 23.8 Å². The summed E-state index contributed by atoms with van der Waals surface area (Å²) >= 11 is 0. The van der Waals surface area contributed by atoms with Crippen LogP contribution in [0.3, 0.4) is 0 Å². The van der Waals surface area contributed by atoms with Crippen LogP contribution in [-0.4, -0.2) is 38.8 Å². The van der Waals surface area contributed by atoms with Gasteiger partial charge in [-0.3, -0.25) is 0 Å². The number of ether oxygens (including phenoxy) is 1. The van der Waals surface area contributed by atoms with Crippen molar-refractivity contribution in [2.75, 3.05) is 19.0 Å². The van der Waals surface area contributed by atoms with Crippen LogP contribution in [0.5, 0.6) is 0 Å². The van der Waals surface area contributed by atoms with Crippen molar-refractivity contribution in [1.29, 1.82) is 0 Å². The van der Waals surface area contributed by atoms with E-state index in [-0.39, 0.29) is 11.4 Å². The Labute approximate surface area is 124 Å². The molecule has 1 N–H and O–H groups in total. The smallest absolute Gasteiger partial charge is 0.376 e. The molecule has 22 heavy (non-hydrogen) atoms. The lowest BCUT2D eigenvalue weighted by Crippen LogP contribution is -2.45. The molecule has 9 heteroatoms. The molecule has 0 amide bonds. The predicted molar refractivity (Wildman–Crippen MR) is 72.6 cm³/mol. The van der Waals surface area contributed by atoms with Crippen molar-refractivity contribution in [3.8, 4) is 0 Å². The molecule has 0 aliphatic heterocycles. The fourth-order valence-electron chi connectivity index (χ4n) is 2.51. The molecule has 2 aromatic heterocycles. The number of nitrogens with zero attached hydrogens (tertiary/aromatic N) is 4. The predicted octanol–water partition coefficient (Wildman–Crippen LogP) is 2.43. The molecule has 1 aliphatic carbocycles. The zero-order valence-corrected chi connectivity index (χ0v) is 12.2. The molecule has 0 spiro atoms. The van der Waals surface area contributed by atoms with Gasteiger partial charge < -0.3 is 10.1 Å². The number of hydrogen-bond donors (Lipinski definition) is 1. The quantitative estimate of drug-likeness (QED) is 0.939. The first-order valence-corrected chi connectivity index (χ1v) is 6.94. The minimum atomic E-state index is -4.60. The Balaban J connectivity index is 1.92. The van der Waals surface area contributed by atoms with Gasteiger partial charge in [0, 0.05) is 25.4 Å². The number of anilines is 1. The SMILES string of the molecule is COC1(CNc2cc(C)nc3nc(C(F)(F)F)nn23)CCC1. The lowest BCUT2D eigenvalue weighted by molar-refractivity contribution is -0.144. The molecule has 0 unspecified atom stereocenters. The van der Waals surface area contributed by atoms with E-state index in [1.54, 1.807) is 20.1 Å². The third-order valence-electron chi connectivity index (χ3n) is 3.98. The normalized spacial score (nSPS) is 17.5. The topological polar surface area (TPSA) is 64.3 Å². The lowest BCUT2D eigenvalue weighted by atomic mass is 9.80. The van der Waals surface area contributed by atoms with E-state index in [9.17, 15) is 13.2 Å². The molecule has 1 saturated carbocycles. The van der Waals surface area contributed by atoms with Crippen molar-refractivity contribution >= 4 is 11.6 Å². The molecule has 2 aromatic rings. The number of rotatable bonds is 4. The highest BCUT2D eigenvalue weighted by Gasteiger charge is 2.38. The molecule has 3 rings (SSSR count). The second kappa shape index (κ2) is 5.08. The Morgan fingerprint density at radius 1 is 1.36 bits per heavy atom. The van der Waals surface area contributed by atoms with Crippen LogP contribution >= 0.6 is 0 Å².